The van der Waals surface area contributed by atoms with Crippen molar-refractivity contribution in [1.82, 2.24) is 4.98 Å². The Bertz CT molecular complexity index is 616. The minimum absolute atomic E-state index is 0.102. The van der Waals surface area contributed by atoms with Gasteiger partial charge in [-0.1, -0.05) is 28.9 Å². The number of hydrogen-bond acceptors (Lipinski definition) is 2. The number of H-pyrrole nitrogens is 1. The lowest BCUT2D eigenvalue weighted by Gasteiger charge is -1.99. The minimum Gasteiger partial charge on any atom is -0.361 e. The SMILES string of the molecule is CCS(=O)(=O)Cc1c[nH]c2cc(Br)ccc12. The molecule has 1 N–H and O–H groups in total. The molecule has 0 spiro atoms. The molecule has 0 saturated carbocycles. The van der Waals surface area contributed by atoms with E-state index in [2.05, 4.69) is 20.9 Å². The number of sulfone groups is 1. The van der Waals surface area contributed by atoms with Crippen LogP contribution in [-0.2, 0) is 15.6 Å². The first-order valence-corrected chi connectivity index (χ1v) is 7.59. The zero-order valence-electron chi connectivity index (χ0n) is 8.83. The van der Waals surface area contributed by atoms with Crippen LogP contribution in [0.5, 0.6) is 0 Å². The number of rotatable bonds is 3. The molecule has 0 amide bonds. The van der Waals surface area contributed by atoms with E-state index >= 15 is 0 Å². The number of aromatic nitrogens is 1. The standard InChI is InChI=1S/C11H12BrNO2S/c1-2-16(14,15)7-8-6-13-11-5-9(12)3-4-10(8)11/h3-6,13H,2,7H2,1H3. The summed E-state index contributed by atoms with van der Waals surface area (Å²) in [5, 5.41) is 0.972. The van der Waals surface area contributed by atoms with Crippen LogP contribution in [0.1, 0.15) is 12.5 Å². The Morgan fingerprint density at radius 2 is 2.12 bits per heavy atom. The highest BCUT2D eigenvalue weighted by Gasteiger charge is 2.12. The Kier molecular flexibility index (Phi) is 3.08. The molecule has 3 nitrogen and oxygen atoms in total. The molecule has 0 aliphatic carbocycles. The van der Waals surface area contributed by atoms with E-state index in [0.717, 1.165) is 20.9 Å². The van der Waals surface area contributed by atoms with Gasteiger partial charge in [0.1, 0.15) is 0 Å². The molecular weight excluding hydrogens is 290 g/mol. The summed E-state index contributed by atoms with van der Waals surface area (Å²) in [5.74, 6) is 0.279. The summed E-state index contributed by atoms with van der Waals surface area (Å²) in [6.07, 6.45) is 1.77. The number of halogens is 1. The van der Waals surface area contributed by atoms with Crippen LogP contribution in [0.25, 0.3) is 10.9 Å². The van der Waals surface area contributed by atoms with Crippen LogP contribution in [0, 0.1) is 0 Å². The summed E-state index contributed by atoms with van der Waals surface area (Å²) in [6.45, 7) is 1.67. The summed E-state index contributed by atoms with van der Waals surface area (Å²) in [6, 6.07) is 5.78. The van der Waals surface area contributed by atoms with Gasteiger partial charge in [0.25, 0.3) is 0 Å². The van der Waals surface area contributed by atoms with Crippen LogP contribution in [0.2, 0.25) is 0 Å². The van der Waals surface area contributed by atoms with Gasteiger partial charge in [0.2, 0.25) is 0 Å². The number of benzene rings is 1. The molecule has 86 valence electrons. The van der Waals surface area contributed by atoms with Crippen LogP contribution in [0.15, 0.2) is 28.9 Å². The molecule has 0 unspecified atom stereocenters. The molecule has 5 heteroatoms. The molecule has 0 atom stereocenters. The van der Waals surface area contributed by atoms with Gasteiger partial charge in [0, 0.05) is 27.3 Å². The lowest BCUT2D eigenvalue weighted by Crippen LogP contribution is -2.05. The third kappa shape index (κ3) is 2.30. The van der Waals surface area contributed by atoms with Gasteiger partial charge in [0.15, 0.2) is 9.84 Å². The molecular formula is C11H12BrNO2S. The number of aromatic amines is 1. The quantitative estimate of drug-likeness (QED) is 0.948. The van der Waals surface area contributed by atoms with Crippen molar-refractivity contribution in [3.05, 3.63) is 34.4 Å². The Balaban J connectivity index is 2.47. The molecule has 0 radical (unpaired) electrons. The third-order valence-electron chi connectivity index (χ3n) is 2.54. The molecule has 0 bridgehead atoms. The Morgan fingerprint density at radius 3 is 2.81 bits per heavy atom. The van der Waals surface area contributed by atoms with Crippen molar-refractivity contribution in [2.75, 3.05) is 5.75 Å². The number of nitrogens with one attached hydrogen (secondary N) is 1. The average Bonchev–Trinajstić information content (AvgIpc) is 2.60. The van der Waals surface area contributed by atoms with Crippen LogP contribution in [0.3, 0.4) is 0 Å². The molecule has 0 aliphatic heterocycles. The molecule has 1 heterocycles. The molecule has 16 heavy (non-hydrogen) atoms. The highest BCUT2D eigenvalue weighted by molar-refractivity contribution is 9.10. The van der Waals surface area contributed by atoms with E-state index in [4.69, 9.17) is 0 Å². The first-order chi connectivity index (χ1) is 7.52. The summed E-state index contributed by atoms with van der Waals surface area (Å²) in [7, 11) is -2.98. The summed E-state index contributed by atoms with van der Waals surface area (Å²) in [5.41, 5.74) is 1.79. The van der Waals surface area contributed by atoms with Gasteiger partial charge in [-0.05, 0) is 17.7 Å². The molecule has 0 aliphatic rings. The largest absolute Gasteiger partial charge is 0.361 e. The maximum absolute atomic E-state index is 11.6. The predicted octanol–water partition coefficient (Wildman–Crippen LogP) is 2.87. The van der Waals surface area contributed by atoms with Crippen LogP contribution < -0.4 is 0 Å². The Hall–Kier alpha value is -0.810. The normalized spacial score (nSPS) is 12.1. The van der Waals surface area contributed by atoms with E-state index in [1.54, 1.807) is 13.1 Å². The maximum atomic E-state index is 11.6. The van der Waals surface area contributed by atoms with Gasteiger partial charge in [-0.25, -0.2) is 8.42 Å². The van der Waals surface area contributed by atoms with Crippen molar-refractivity contribution < 1.29 is 8.42 Å². The van der Waals surface area contributed by atoms with E-state index in [1.807, 2.05) is 18.2 Å². The van der Waals surface area contributed by atoms with Crippen LogP contribution in [-0.4, -0.2) is 19.2 Å². The van der Waals surface area contributed by atoms with Crippen molar-refractivity contribution in [2.24, 2.45) is 0 Å². The van der Waals surface area contributed by atoms with Gasteiger partial charge < -0.3 is 4.98 Å². The van der Waals surface area contributed by atoms with E-state index in [-0.39, 0.29) is 11.5 Å². The predicted molar refractivity (Wildman–Crippen MR) is 69.2 cm³/mol. The van der Waals surface area contributed by atoms with Crippen molar-refractivity contribution in [3.63, 3.8) is 0 Å². The van der Waals surface area contributed by atoms with E-state index in [1.165, 1.54) is 0 Å². The Morgan fingerprint density at radius 1 is 1.38 bits per heavy atom. The van der Waals surface area contributed by atoms with Gasteiger partial charge in [0.05, 0.1) is 5.75 Å². The van der Waals surface area contributed by atoms with Crippen LogP contribution in [0.4, 0.5) is 0 Å². The van der Waals surface area contributed by atoms with Crippen molar-refractivity contribution >= 4 is 36.7 Å². The number of hydrogen-bond donors (Lipinski definition) is 1. The fraction of sp³-hybridized carbons (Fsp3) is 0.273. The van der Waals surface area contributed by atoms with Crippen LogP contribution >= 0.6 is 15.9 Å². The first-order valence-electron chi connectivity index (χ1n) is 4.98. The molecule has 1 aromatic carbocycles. The van der Waals surface area contributed by atoms with Crippen molar-refractivity contribution in [2.45, 2.75) is 12.7 Å². The topological polar surface area (TPSA) is 49.9 Å². The third-order valence-corrected chi connectivity index (χ3v) is 4.67. The lowest BCUT2D eigenvalue weighted by atomic mass is 10.2. The summed E-state index contributed by atoms with van der Waals surface area (Å²) in [4.78, 5) is 3.08. The molecule has 2 rings (SSSR count). The van der Waals surface area contributed by atoms with E-state index in [9.17, 15) is 8.42 Å². The average molecular weight is 302 g/mol. The van der Waals surface area contributed by atoms with Crippen molar-refractivity contribution in [1.29, 1.82) is 0 Å². The fourth-order valence-corrected chi connectivity index (χ4v) is 2.89. The fourth-order valence-electron chi connectivity index (χ4n) is 1.62. The van der Waals surface area contributed by atoms with E-state index in [0.29, 0.717) is 0 Å². The van der Waals surface area contributed by atoms with Gasteiger partial charge in [-0.15, -0.1) is 0 Å². The summed E-state index contributed by atoms with van der Waals surface area (Å²) >= 11 is 3.38. The monoisotopic (exact) mass is 301 g/mol. The molecule has 0 saturated heterocycles. The smallest absolute Gasteiger partial charge is 0.154 e. The second-order valence-corrected chi connectivity index (χ2v) is 6.95. The van der Waals surface area contributed by atoms with E-state index < -0.39 is 9.84 Å². The van der Waals surface area contributed by atoms with Gasteiger partial charge >= 0.3 is 0 Å². The minimum atomic E-state index is -2.98. The first kappa shape index (κ1) is 11.7. The molecule has 1 aromatic heterocycles. The van der Waals surface area contributed by atoms with Gasteiger partial charge in [-0.3, -0.25) is 0 Å². The lowest BCUT2D eigenvalue weighted by molar-refractivity contribution is 0.596. The maximum Gasteiger partial charge on any atom is 0.154 e. The Labute approximate surface area is 103 Å². The highest BCUT2D eigenvalue weighted by Crippen LogP contribution is 2.23. The van der Waals surface area contributed by atoms with Gasteiger partial charge in [-0.2, -0.15) is 0 Å². The molecule has 2 aromatic rings. The zero-order chi connectivity index (χ0) is 11.8. The second-order valence-electron chi connectivity index (χ2n) is 3.68. The summed E-state index contributed by atoms with van der Waals surface area (Å²) < 4.78 is 24.1. The highest BCUT2D eigenvalue weighted by atomic mass is 79.9. The van der Waals surface area contributed by atoms with Crippen molar-refractivity contribution in [3.8, 4) is 0 Å². The number of fused-ring (bicyclic) bond motifs is 1. The second kappa shape index (κ2) is 4.22. The zero-order valence-corrected chi connectivity index (χ0v) is 11.2. The molecule has 0 fully saturated rings.